The van der Waals surface area contributed by atoms with E-state index >= 15 is 0 Å². The van der Waals surface area contributed by atoms with E-state index in [1.54, 1.807) is 0 Å². The molecule has 0 aromatic heterocycles. The number of rotatable bonds is 7. The third-order valence-electron chi connectivity index (χ3n) is 2.47. The highest BCUT2D eigenvalue weighted by Crippen LogP contribution is 2.12. The Bertz CT molecular complexity index is 362. The number of carbonyl (C=O) groups is 1. The summed E-state index contributed by atoms with van der Waals surface area (Å²) in [7, 11) is 0. The summed E-state index contributed by atoms with van der Waals surface area (Å²) in [5.74, 6) is 0.0909. The molecule has 17 heavy (non-hydrogen) atoms. The van der Waals surface area contributed by atoms with Crippen LogP contribution in [0.5, 0.6) is 0 Å². The van der Waals surface area contributed by atoms with Crippen molar-refractivity contribution in [2.75, 3.05) is 26.2 Å². The van der Waals surface area contributed by atoms with Crippen LogP contribution in [0.1, 0.15) is 23.7 Å². The number of aliphatic hydroxyl groups excluding tert-OH is 1. The van der Waals surface area contributed by atoms with Crippen molar-refractivity contribution >= 4 is 21.7 Å². The molecule has 0 saturated heterocycles. The number of Topliss-reactive ketones (excluding diaryl/α,β-unsaturated/α-hetero) is 1. The Morgan fingerprint density at radius 3 is 2.76 bits per heavy atom. The largest absolute Gasteiger partial charge is 0.395 e. The SMILES string of the molecule is CCCN(CCO)CC(=O)c1cccc(Br)c1. The molecule has 0 atom stereocenters. The minimum Gasteiger partial charge on any atom is -0.395 e. The molecule has 0 bridgehead atoms. The lowest BCUT2D eigenvalue weighted by molar-refractivity contribution is 0.0915. The van der Waals surface area contributed by atoms with E-state index in [9.17, 15) is 4.79 Å². The van der Waals surface area contributed by atoms with Crippen LogP contribution in [0.15, 0.2) is 28.7 Å². The van der Waals surface area contributed by atoms with Crippen LogP contribution < -0.4 is 0 Å². The van der Waals surface area contributed by atoms with E-state index in [0.29, 0.717) is 18.7 Å². The number of benzene rings is 1. The second-order valence-electron chi connectivity index (χ2n) is 3.93. The van der Waals surface area contributed by atoms with Gasteiger partial charge in [-0.3, -0.25) is 9.69 Å². The van der Waals surface area contributed by atoms with Crippen molar-refractivity contribution in [2.24, 2.45) is 0 Å². The fourth-order valence-electron chi connectivity index (χ4n) is 1.68. The minimum atomic E-state index is 0.0891. The molecule has 0 aliphatic heterocycles. The normalized spacial score (nSPS) is 10.8. The molecule has 3 nitrogen and oxygen atoms in total. The Morgan fingerprint density at radius 1 is 1.41 bits per heavy atom. The van der Waals surface area contributed by atoms with E-state index in [0.717, 1.165) is 17.4 Å². The molecule has 0 saturated carbocycles. The number of ketones is 1. The van der Waals surface area contributed by atoms with Gasteiger partial charge in [0.05, 0.1) is 13.2 Å². The number of nitrogens with zero attached hydrogens (tertiary/aromatic N) is 1. The van der Waals surface area contributed by atoms with Crippen LogP contribution in [0.25, 0.3) is 0 Å². The predicted octanol–water partition coefficient (Wildman–Crippen LogP) is 2.34. The molecule has 1 rings (SSSR count). The lowest BCUT2D eigenvalue weighted by Crippen LogP contribution is -2.33. The summed E-state index contributed by atoms with van der Waals surface area (Å²) in [4.78, 5) is 14.0. The molecule has 0 spiro atoms. The van der Waals surface area contributed by atoms with Gasteiger partial charge in [0.1, 0.15) is 0 Å². The van der Waals surface area contributed by atoms with Gasteiger partial charge >= 0.3 is 0 Å². The first kappa shape index (κ1) is 14.4. The maximum Gasteiger partial charge on any atom is 0.176 e. The van der Waals surface area contributed by atoms with Crippen LogP contribution in [0, 0.1) is 0 Å². The third-order valence-corrected chi connectivity index (χ3v) is 2.96. The lowest BCUT2D eigenvalue weighted by atomic mass is 10.1. The highest BCUT2D eigenvalue weighted by molar-refractivity contribution is 9.10. The molecule has 94 valence electrons. The fourth-order valence-corrected chi connectivity index (χ4v) is 2.08. The van der Waals surface area contributed by atoms with Gasteiger partial charge in [0.2, 0.25) is 0 Å². The summed E-state index contributed by atoms with van der Waals surface area (Å²) in [6, 6.07) is 7.39. The number of hydrogen-bond donors (Lipinski definition) is 1. The van der Waals surface area contributed by atoms with E-state index in [1.807, 2.05) is 29.2 Å². The Morgan fingerprint density at radius 2 is 2.18 bits per heavy atom. The summed E-state index contributed by atoms with van der Waals surface area (Å²) in [5, 5.41) is 8.93. The smallest absolute Gasteiger partial charge is 0.176 e. The number of aliphatic hydroxyl groups is 1. The van der Waals surface area contributed by atoms with E-state index < -0.39 is 0 Å². The van der Waals surface area contributed by atoms with E-state index in [-0.39, 0.29) is 12.4 Å². The molecule has 1 aromatic carbocycles. The van der Waals surface area contributed by atoms with Crippen LogP contribution in [0.4, 0.5) is 0 Å². The van der Waals surface area contributed by atoms with E-state index in [4.69, 9.17) is 5.11 Å². The Hall–Kier alpha value is -0.710. The molecule has 0 aliphatic carbocycles. The average Bonchev–Trinajstić information content (AvgIpc) is 2.29. The van der Waals surface area contributed by atoms with Gasteiger partial charge in [0.25, 0.3) is 0 Å². The first-order chi connectivity index (χ1) is 8.17. The van der Waals surface area contributed by atoms with Gasteiger partial charge in [-0.05, 0) is 25.1 Å². The molecule has 0 amide bonds. The summed E-state index contributed by atoms with van der Waals surface area (Å²) < 4.78 is 0.910. The van der Waals surface area contributed by atoms with Crippen molar-refractivity contribution in [3.05, 3.63) is 34.3 Å². The molecule has 0 aliphatic rings. The zero-order valence-corrected chi connectivity index (χ0v) is 11.6. The molecule has 1 N–H and O–H groups in total. The quantitative estimate of drug-likeness (QED) is 0.786. The van der Waals surface area contributed by atoms with Gasteiger partial charge in [-0.25, -0.2) is 0 Å². The molecular weight excluding hydrogens is 282 g/mol. The van der Waals surface area contributed by atoms with Gasteiger partial charge in [0, 0.05) is 16.6 Å². The molecule has 1 aromatic rings. The van der Waals surface area contributed by atoms with Gasteiger partial charge in [-0.2, -0.15) is 0 Å². The van der Waals surface area contributed by atoms with Gasteiger partial charge < -0.3 is 5.11 Å². The second-order valence-corrected chi connectivity index (χ2v) is 4.85. The maximum absolute atomic E-state index is 12.0. The second kappa shape index (κ2) is 7.58. The lowest BCUT2D eigenvalue weighted by Gasteiger charge is -2.19. The topological polar surface area (TPSA) is 40.5 Å². The van der Waals surface area contributed by atoms with Crippen LogP contribution in [-0.2, 0) is 0 Å². The van der Waals surface area contributed by atoms with Crippen molar-refractivity contribution in [3.8, 4) is 0 Å². The van der Waals surface area contributed by atoms with Crippen LogP contribution in [-0.4, -0.2) is 42.0 Å². The zero-order chi connectivity index (χ0) is 12.7. The minimum absolute atomic E-state index is 0.0891. The maximum atomic E-state index is 12.0. The highest BCUT2D eigenvalue weighted by atomic mass is 79.9. The Labute approximate surface area is 111 Å². The van der Waals surface area contributed by atoms with Crippen molar-refractivity contribution in [1.82, 2.24) is 4.90 Å². The summed E-state index contributed by atoms with van der Waals surface area (Å²) >= 11 is 3.35. The Kier molecular flexibility index (Phi) is 6.40. The summed E-state index contributed by atoms with van der Waals surface area (Å²) in [6.45, 7) is 3.90. The van der Waals surface area contributed by atoms with Crippen molar-refractivity contribution < 1.29 is 9.90 Å². The van der Waals surface area contributed by atoms with Crippen LogP contribution >= 0.6 is 15.9 Å². The van der Waals surface area contributed by atoms with Gasteiger partial charge in [-0.15, -0.1) is 0 Å². The van der Waals surface area contributed by atoms with Crippen molar-refractivity contribution in [1.29, 1.82) is 0 Å². The molecule has 0 unspecified atom stereocenters. The summed E-state index contributed by atoms with van der Waals surface area (Å²) in [6.07, 6.45) is 0.978. The van der Waals surface area contributed by atoms with E-state index in [2.05, 4.69) is 22.9 Å². The Balaban J connectivity index is 2.63. The van der Waals surface area contributed by atoms with Crippen molar-refractivity contribution in [3.63, 3.8) is 0 Å². The van der Waals surface area contributed by atoms with Crippen LogP contribution in [0.2, 0.25) is 0 Å². The third kappa shape index (κ3) is 4.98. The molecular formula is C13H18BrNO2. The zero-order valence-electron chi connectivity index (χ0n) is 10.0. The van der Waals surface area contributed by atoms with Crippen molar-refractivity contribution in [2.45, 2.75) is 13.3 Å². The van der Waals surface area contributed by atoms with Gasteiger partial charge in [0.15, 0.2) is 5.78 Å². The number of halogens is 1. The number of carbonyl (C=O) groups excluding carboxylic acids is 1. The summed E-state index contributed by atoms with van der Waals surface area (Å²) in [5.41, 5.74) is 0.707. The molecule has 0 fully saturated rings. The monoisotopic (exact) mass is 299 g/mol. The highest BCUT2D eigenvalue weighted by Gasteiger charge is 2.11. The standard InChI is InChI=1S/C13H18BrNO2/c1-2-6-15(7-8-16)10-13(17)11-4-3-5-12(14)9-11/h3-5,9,16H,2,6-8,10H2,1H3. The van der Waals surface area contributed by atoms with E-state index in [1.165, 1.54) is 0 Å². The first-order valence-corrected chi connectivity index (χ1v) is 6.58. The average molecular weight is 300 g/mol. The predicted molar refractivity (Wildman–Crippen MR) is 72.3 cm³/mol. The number of hydrogen-bond acceptors (Lipinski definition) is 3. The fraction of sp³-hybridized carbons (Fsp3) is 0.462. The van der Waals surface area contributed by atoms with Gasteiger partial charge in [-0.1, -0.05) is 35.0 Å². The molecule has 0 radical (unpaired) electrons. The molecule has 0 heterocycles. The first-order valence-electron chi connectivity index (χ1n) is 5.79. The van der Waals surface area contributed by atoms with Crippen LogP contribution in [0.3, 0.4) is 0 Å². The molecule has 4 heteroatoms.